The summed E-state index contributed by atoms with van der Waals surface area (Å²) in [5, 5.41) is 9.00. The molecule has 0 saturated heterocycles. The van der Waals surface area contributed by atoms with Crippen LogP contribution in [0.4, 0.5) is 0 Å². The highest BCUT2D eigenvalue weighted by Gasteiger charge is 1.82. The molecule has 0 amide bonds. The summed E-state index contributed by atoms with van der Waals surface area (Å²) >= 11 is 1.82. The average Bonchev–Trinajstić information content (AvgIpc) is 2.39. The number of hydrogen-bond donors (Lipinski definition) is 1. The normalized spacial score (nSPS) is 7.70. The first kappa shape index (κ1) is 9.17. The molecule has 2 nitrogen and oxygen atoms in total. The largest absolute Gasteiger partial charge is 0.483 e. The Bertz CT molecular complexity index is 158. The van der Waals surface area contributed by atoms with Gasteiger partial charge in [0.05, 0.1) is 0 Å². The molecule has 0 aliphatic rings. The molecule has 1 aromatic heterocycles. The van der Waals surface area contributed by atoms with Gasteiger partial charge in [-0.3, -0.25) is 4.79 Å². The Labute approximate surface area is 64.1 Å². The predicted octanol–water partition coefficient (Wildman–Crippen LogP) is 2.01. The van der Waals surface area contributed by atoms with E-state index in [1.807, 2.05) is 11.3 Å². The summed E-state index contributed by atoms with van der Waals surface area (Å²) in [6, 6.07) is 4.24. The van der Waals surface area contributed by atoms with Gasteiger partial charge < -0.3 is 5.11 Å². The molecule has 56 valence electrons. The minimum atomic E-state index is -0.250. The molecule has 0 fully saturated rings. The maximum absolute atomic E-state index is 8.36. The third-order valence-corrected chi connectivity index (χ3v) is 1.95. The Kier molecular flexibility index (Phi) is 5.77. The van der Waals surface area contributed by atoms with Gasteiger partial charge in [0.25, 0.3) is 6.47 Å². The molecule has 1 N–H and O–H groups in total. The van der Waals surface area contributed by atoms with Crippen molar-refractivity contribution in [2.75, 3.05) is 0 Å². The molecular formula is C7H10O2S. The van der Waals surface area contributed by atoms with E-state index in [1.54, 1.807) is 0 Å². The van der Waals surface area contributed by atoms with Gasteiger partial charge in [-0.2, -0.15) is 0 Å². The monoisotopic (exact) mass is 158 g/mol. The Morgan fingerprint density at radius 2 is 2.40 bits per heavy atom. The maximum atomic E-state index is 8.36. The van der Waals surface area contributed by atoms with Gasteiger partial charge in [-0.05, 0) is 17.9 Å². The van der Waals surface area contributed by atoms with Crippen molar-refractivity contribution in [3.05, 3.63) is 22.4 Å². The zero-order valence-corrected chi connectivity index (χ0v) is 6.60. The van der Waals surface area contributed by atoms with Gasteiger partial charge >= 0.3 is 0 Å². The Hall–Kier alpha value is -0.830. The van der Waals surface area contributed by atoms with Crippen LogP contribution in [0.2, 0.25) is 0 Å². The molecule has 0 bridgehead atoms. The second-order valence-corrected chi connectivity index (χ2v) is 2.57. The summed E-state index contributed by atoms with van der Waals surface area (Å²) < 4.78 is 0. The number of aryl methyl sites for hydroxylation is 1. The van der Waals surface area contributed by atoms with Crippen molar-refractivity contribution < 1.29 is 9.90 Å². The first-order valence-corrected chi connectivity index (χ1v) is 3.83. The highest BCUT2D eigenvalue weighted by Crippen LogP contribution is 2.07. The van der Waals surface area contributed by atoms with Crippen molar-refractivity contribution in [1.82, 2.24) is 0 Å². The topological polar surface area (TPSA) is 37.3 Å². The van der Waals surface area contributed by atoms with Crippen molar-refractivity contribution in [3.8, 4) is 0 Å². The quantitative estimate of drug-likeness (QED) is 0.635. The second-order valence-electron chi connectivity index (χ2n) is 1.54. The lowest BCUT2D eigenvalue weighted by atomic mass is 10.4. The summed E-state index contributed by atoms with van der Waals surface area (Å²) in [7, 11) is 0. The Morgan fingerprint density at radius 1 is 1.80 bits per heavy atom. The van der Waals surface area contributed by atoms with E-state index in [4.69, 9.17) is 9.90 Å². The standard InChI is InChI=1S/C6H8S.CH2O2/c1-2-6-4-3-5-7-6;2-1-3/h3-5H,2H2,1H3;1H,(H,2,3). The summed E-state index contributed by atoms with van der Waals surface area (Å²) in [6.45, 7) is 1.92. The fourth-order valence-electron chi connectivity index (χ4n) is 0.514. The van der Waals surface area contributed by atoms with Crippen molar-refractivity contribution >= 4 is 17.8 Å². The fraction of sp³-hybridized carbons (Fsp3) is 0.286. The zero-order valence-electron chi connectivity index (χ0n) is 5.78. The van der Waals surface area contributed by atoms with Gasteiger partial charge in [0.15, 0.2) is 0 Å². The van der Waals surface area contributed by atoms with Crippen LogP contribution in [0.15, 0.2) is 17.5 Å². The van der Waals surface area contributed by atoms with Gasteiger partial charge in [0, 0.05) is 4.88 Å². The van der Waals surface area contributed by atoms with Gasteiger partial charge in [-0.25, -0.2) is 0 Å². The van der Waals surface area contributed by atoms with Crippen LogP contribution < -0.4 is 0 Å². The summed E-state index contributed by atoms with van der Waals surface area (Å²) in [4.78, 5) is 9.83. The van der Waals surface area contributed by atoms with E-state index in [0.29, 0.717) is 0 Å². The molecule has 0 aliphatic carbocycles. The van der Waals surface area contributed by atoms with Gasteiger partial charge in [0.1, 0.15) is 0 Å². The van der Waals surface area contributed by atoms with Crippen LogP contribution in [-0.2, 0) is 11.2 Å². The van der Waals surface area contributed by atoms with Crippen molar-refractivity contribution in [2.24, 2.45) is 0 Å². The lowest BCUT2D eigenvalue weighted by Crippen LogP contribution is -1.63. The number of carboxylic acid groups (broad SMARTS) is 1. The smallest absolute Gasteiger partial charge is 0.290 e. The first-order chi connectivity index (χ1) is 4.85. The molecule has 0 atom stereocenters. The van der Waals surface area contributed by atoms with Crippen molar-refractivity contribution in [3.63, 3.8) is 0 Å². The average molecular weight is 158 g/mol. The zero-order chi connectivity index (χ0) is 7.82. The van der Waals surface area contributed by atoms with Gasteiger partial charge in [-0.1, -0.05) is 13.0 Å². The number of hydrogen-bond acceptors (Lipinski definition) is 2. The molecule has 10 heavy (non-hydrogen) atoms. The Balaban J connectivity index is 0.000000236. The van der Waals surface area contributed by atoms with E-state index in [-0.39, 0.29) is 6.47 Å². The second kappa shape index (κ2) is 6.29. The number of thiophene rings is 1. The SMILES string of the molecule is CCc1cccs1.O=CO. The lowest BCUT2D eigenvalue weighted by Gasteiger charge is -1.78. The van der Waals surface area contributed by atoms with Crippen LogP contribution in [0.3, 0.4) is 0 Å². The molecule has 0 aromatic carbocycles. The molecule has 0 spiro atoms. The van der Waals surface area contributed by atoms with E-state index in [1.165, 1.54) is 11.3 Å². The van der Waals surface area contributed by atoms with Crippen LogP contribution in [0.25, 0.3) is 0 Å². The van der Waals surface area contributed by atoms with Crippen LogP contribution >= 0.6 is 11.3 Å². The summed E-state index contributed by atoms with van der Waals surface area (Å²) in [5.41, 5.74) is 0. The van der Waals surface area contributed by atoms with Gasteiger partial charge in [-0.15, -0.1) is 11.3 Å². The van der Waals surface area contributed by atoms with Crippen molar-refractivity contribution in [2.45, 2.75) is 13.3 Å². The molecule has 1 rings (SSSR count). The van der Waals surface area contributed by atoms with E-state index in [0.717, 1.165) is 0 Å². The molecular weight excluding hydrogens is 148 g/mol. The third kappa shape index (κ3) is 4.09. The highest BCUT2D eigenvalue weighted by molar-refractivity contribution is 7.09. The van der Waals surface area contributed by atoms with E-state index in [2.05, 4.69) is 24.4 Å². The summed E-state index contributed by atoms with van der Waals surface area (Å²) in [6.07, 6.45) is 1.18. The third-order valence-electron chi connectivity index (χ3n) is 0.929. The predicted molar refractivity (Wildman–Crippen MR) is 42.4 cm³/mol. The molecule has 3 heteroatoms. The number of rotatable bonds is 1. The first-order valence-electron chi connectivity index (χ1n) is 2.95. The van der Waals surface area contributed by atoms with E-state index < -0.39 is 0 Å². The summed E-state index contributed by atoms with van der Waals surface area (Å²) in [5.74, 6) is 0. The minimum Gasteiger partial charge on any atom is -0.483 e. The Morgan fingerprint density at radius 3 is 2.60 bits per heavy atom. The fourth-order valence-corrected chi connectivity index (χ4v) is 1.17. The van der Waals surface area contributed by atoms with E-state index in [9.17, 15) is 0 Å². The molecule has 0 aliphatic heterocycles. The van der Waals surface area contributed by atoms with Crippen LogP contribution in [-0.4, -0.2) is 11.6 Å². The molecule has 0 radical (unpaired) electrons. The van der Waals surface area contributed by atoms with Crippen molar-refractivity contribution in [1.29, 1.82) is 0 Å². The van der Waals surface area contributed by atoms with Crippen LogP contribution in [0, 0.1) is 0 Å². The molecule has 0 unspecified atom stereocenters. The highest BCUT2D eigenvalue weighted by atomic mass is 32.1. The van der Waals surface area contributed by atoms with Gasteiger partial charge in [0.2, 0.25) is 0 Å². The van der Waals surface area contributed by atoms with Crippen LogP contribution in [0.1, 0.15) is 11.8 Å². The molecule has 0 saturated carbocycles. The molecule has 1 heterocycles. The van der Waals surface area contributed by atoms with E-state index >= 15 is 0 Å². The maximum Gasteiger partial charge on any atom is 0.290 e. The van der Waals surface area contributed by atoms with Crippen LogP contribution in [0.5, 0.6) is 0 Å². The number of carbonyl (C=O) groups is 1. The molecule has 1 aromatic rings. The minimum absolute atomic E-state index is 0.250. The lowest BCUT2D eigenvalue weighted by molar-refractivity contribution is -0.122.